The number of aromatic hydroxyl groups is 1. The molecule has 1 aromatic heterocycles. The molecule has 4 N–H and O–H groups in total. The Hall–Kier alpha value is -2.57. The zero-order chi connectivity index (χ0) is 14.7. The van der Waals surface area contributed by atoms with E-state index >= 15 is 0 Å². The first-order valence-electron chi connectivity index (χ1n) is 6.30. The van der Waals surface area contributed by atoms with Gasteiger partial charge in [-0.1, -0.05) is 12.1 Å². The van der Waals surface area contributed by atoms with Crippen LogP contribution in [0.15, 0.2) is 24.3 Å². The van der Waals surface area contributed by atoms with Crippen LogP contribution in [0.4, 0.5) is 5.95 Å². The summed E-state index contributed by atoms with van der Waals surface area (Å²) in [6.45, 7) is 4.25. The molecule has 20 heavy (non-hydrogen) atoms. The number of nitrogens with one attached hydrogen (secondary N) is 1. The Bertz CT molecular complexity index is 610. The van der Waals surface area contributed by atoms with Crippen LogP contribution in [0.5, 0.6) is 5.75 Å². The molecule has 7 heteroatoms. The lowest BCUT2D eigenvalue weighted by Crippen LogP contribution is -2.34. The molecule has 7 nitrogen and oxygen atoms in total. The van der Waals surface area contributed by atoms with Crippen molar-refractivity contribution in [3.63, 3.8) is 0 Å². The lowest BCUT2D eigenvalue weighted by Gasteiger charge is -2.27. The second kappa shape index (κ2) is 5.60. The summed E-state index contributed by atoms with van der Waals surface area (Å²) in [4.78, 5) is 17.8. The van der Waals surface area contributed by atoms with Gasteiger partial charge in [-0.2, -0.15) is 4.98 Å². The van der Waals surface area contributed by atoms with Crippen LogP contribution in [0, 0.1) is 0 Å². The van der Waals surface area contributed by atoms with Crippen molar-refractivity contribution in [1.82, 2.24) is 20.1 Å². The number of hydrogen-bond acceptors (Lipinski definition) is 5. The molecule has 0 radical (unpaired) electrons. The van der Waals surface area contributed by atoms with Crippen molar-refractivity contribution in [3.05, 3.63) is 35.7 Å². The van der Waals surface area contributed by atoms with E-state index < -0.39 is 0 Å². The minimum Gasteiger partial charge on any atom is -0.508 e. The zero-order valence-corrected chi connectivity index (χ0v) is 11.4. The van der Waals surface area contributed by atoms with Crippen molar-refractivity contribution in [2.75, 3.05) is 12.3 Å². The van der Waals surface area contributed by atoms with Crippen molar-refractivity contribution in [1.29, 1.82) is 0 Å². The van der Waals surface area contributed by atoms with Gasteiger partial charge in [0, 0.05) is 6.54 Å². The number of nitrogens with zero attached hydrogens (tertiary/aromatic N) is 3. The quantitative estimate of drug-likeness (QED) is 0.779. The number of phenolic OH excluding ortho intramolecular Hbond substituents is 1. The fourth-order valence-electron chi connectivity index (χ4n) is 2.06. The molecule has 0 spiro atoms. The van der Waals surface area contributed by atoms with Crippen molar-refractivity contribution in [2.45, 2.75) is 19.9 Å². The highest BCUT2D eigenvalue weighted by Crippen LogP contribution is 2.24. The van der Waals surface area contributed by atoms with Crippen LogP contribution in [0.2, 0.25) is 0 Å². The lowest BCUT2D eigenvalue weighted by atomic mass is 10.1. The van der Waals surface area contributed by atoms with Crippen molar-refractivity contribution in [3.8, 4) is 5.75 Å². The summed E-state index contributed by atoms with van der Waals surface area (Å²) in [7, 11) is 0. The largest absolute Gasteiger partial charge is 0.508 e. The molecule has 0 saturated carbocycles. The first-order chi connectivity index (χ1) is 9.52. The van der Waals surface area contributed by atoms with Crippen LogP contribution >= 0.6 is 0 Å². The monoisotopic (exact) mass is 275 g/mol. The number of carbonyl (C=O) groups is 1. The van der Waals surface area contributed by atoms with Crippen LogP contribution in [0.25, 0.3) is 0 Å². The van der Waals surface area contributed by atoms with E-state index in [-0.39, 0.29) is 29.5 Å². The Balaban J connectivity index is 2.25. The maximum absolute atomic E-state index is 12.4. The van der Waals surface area contributed by atoms with Crippen LogP contribution in [0.3, 0.4) is 0 Å². The maximum Gasteiger partial charge on any atom is 0.291 e. The Morgan fingerprint density at radius 1 is 1.55 bits per heavy atom. The van der Waals surface area contributed by atoms with Gasteiger partial charge in [-0.25, -0.2) is 0 Å². The lowest BCUT2D eigenvalue weighted by molar-refractivity contribution is 0.0690. The maximum atomic E-state index is 12.4. The minimum absolute atomic E-state index is 0.0365. The van der Waals surface area contributed by atoms with Gasteiger partial charge in [0.1, 0.15) is 5.75 Å². The first kappa shape index (κ1) is 13.9. The van der Waals surface area contributed by atoms with Crippen molar-refractivity contribution < 1.29 is 9.90 Å². The van der Waals surface area contributed by atoms with E-state index in [1.807, 2.05) is 19.9 Å². The van der Waals surface area contributed by atoms with Gasteiger partial charge in [0.25, 0.3) is 5.91 Å². The highest BCUT2D eigenvalue weighted by atomic mass is 16.3. The van der Waals surface area contributed by atoms with E-state index in [2.05, 4.69) is 15.2 Å². The molecule has 2 aromatic rings. The number of amides is 1. The molecule has 1 atom stereocenters. The molecule has 1 amide bonds. The number of phenols is 1. The predicted octanol–water partition coefficient (Wildman–Crippen LogP) is 1.32. The summed E-state index contributed by atoms with van der Waals surface area (Å²) < 4.78 is 0. The number of H-pyrrole nitrogens is 1. The van der Waals surface area contributed by atoms with E-state index in [4.69, 9.17) is 5.73 Å². The molecular formula is C13H17N5O2. The summed E-state index contributed by atoms with van der Waals surface area (Å²) in [5.74, 6) is 0.0278. The number of nitrogen functional groups attached to an aromatic ring is 1. The zero-order valence-electron chi connectivity index (χ0n) is 11.4. The Morgan fingerprint density at radius 3 is 2.85 bits per heavy atom. The second-order valence-electron chi connectivity index (χ2n) is 4.40. The summed E-state index contributed by atoms with van der Waals surface area (Å²) in [6, 6.07) is 6.62. The number of nitrogens with two attached hydrogens (primary N) is 1. The van der Waals surface area contributed by atoms with Gasteiger partial charge >= 0.3 is 0 Å². The molecule has 1 aromatic carbocycles. The first-order valence-corrected chi connectivity index (χ1v) is 6.30. The summed E-state index contributed by atoms with van der Waals surface area (Å²) in [5, 5.41) is 15.7. The van der Waals surface area contributed by atoms with Crippen LogP contribution in [-0.4, -0.2) is 37.6 Å². The van der Waals surface area contributed by atoms with Gasteiger partial charge in [-0.3, -0.25) is 9.89 Å². The molecule has 0 bridgehead atoms. The number of carbonyl (C=O) groups excluding carboxylic acids is 1. The molecule has 0 aliphatic carbocycles. The van der Waals surface area contributed by atoms with E-state index in [0.717, 1.165) is 5.56 Å². The van der Waals surface area contributed by atoms with E-state index in [0.29, 0.717) is 6.54 Å². The van der Waals surface area contributed by atoms with Crippen molar-refractivity contribution >= 4 is 11.9 Å². The van der Waals surface area contributed by atoms with Crippen molar-refractivity contribution in [2.24, 2.45) is 0 Å². The number of aromatic nitrogens is 3. The summed E-state index contributed by atoms with van der Waals surface area (Å²) in [6.07, 6.45) is 0. The number of aromatic amines is 1. The molecule has 1 unspecified atom stereocenters. The molecule has 106 valence electrons. The van der Waals surface area contributed by atoms with Gasteiger partial charge in [0.15, 0.2) is 0 Å². The molecule has 2 rings (SSSR count). The molecule has 1 heterocycles. The van der Waals surface area contributed by atoms with Gasteiger partial charge in [-0.15, -0.1) is 5.10 Å². The van der Waals surface area contributed by atoms with Gasteiger partial charge in [0.2, 0.25) is 11.8 Å². The van der Waals surface area contributed by atoms with Crippen LogP contribution < -0.4 is 5.73 Å². The third-order valence-corrected chi connectivity index (χ3v) is 3.13. The van der Waals surface area contributed by atoms with E-state index in [1.54, 1.807) is 23.1 Å². The normalized spacial score (nSPS) is 12.1. The summed E-state index contributed by atoms with van der Waals surface area (Å²) >= 11 is 0. The predicted molar refractivity (Wildman–Crippen MR) is 74.0 cm³/mol. The minimum atomic E-state index is -0.285. The fourth-order valence-corrected chi connectivity index (χ4v) is 2.06. The van der Waals surface area contributed by atoms with Gasteiger partial charge < -0.3 is 15.7 Å². The summed E-state index contributed by atoms with van der Waals surface area (Å²) in [5.41, 5.74) is 6.25. The molecule has 0 saturated heterocycles. The average molecular weight is 275 g/mol. The standard InChI is InChI=1S/C13H17N5O2/c1-3-18(12(20)11-15-13(14)17-16-11)8(2)9-5-4-6-10(19)7-9/h4-8,19H,3H2,1-2H3,(H3,14,15,16,17). The van der Waals surface area contributed by atoms with Crippen LogP contribution in [-0.2, 0) is 0 Å². The highest BCUT2D eigenvalue weighted by Gasteiger charge is 2.24. The Kier molecular flexibility index (Phi) is 3.88. The smallest absolute Gasteiger partial charge is 0.291 e. The third kappa shape index (κ3) is 2.71. The Morgan fingerprint density at radius 2 is 2.30 bits per heavy atom. The molecule has 0 aliphatic heterocycles. The van der Waals surface area contributed by atoms with Crippen LogP contribution in [0.1, 0.15) is 36.1 Å². The van der Waals surface area contributed by atoms with E-state index in [9.17, 15) is 9.90 Å². The number of anilines is 1. The second-order valence-corrected chi connectivity index (χ2v) is 4.40. The van der Waals surface area contributed by atoms with E-state index in [1.165, 1.54) is 0 Å². The molecule has 0 aliphatic rings. The molecule has 0 fully saturated rings. The number of hydrogen-bond donors (Lipinski definition) is 3. The van der Waals surface area contributed by atoms with Gasteiger partial charge in [-0.05, 0) is 31.5 Å². The third-order valence-electron chi connectivity index (χ3n) is 3.13. The SMILES string of the molecule is CCN(C(=O)c1nc(N)n[nH]1)C(C)c1cccc(O)c1. The topological polar surface area (TPSA) is 108 Å². The number of rotatable bonds is 4. The average Bonchev–Trinajstić information content (AvgIpc) is 2.86. The fraction of sp³-hybridized carbons (Fsp3) is 0.308. The highest BCUT2D eigenvalue weighted by molar-refractivity contribution is 5.91. The molecular weight excluding hydrogens is 258 g/mol. The number of benzene rings is 1. The van der Waals surface area contributed by atoms with Gasteiger partial charge in [0.05, 0.1) is 6.04 Å². The Labute approximate surface area is 116 Å².